The number of hydrogen-bond donors (Lipinski definition) is 0. The van der Waals surface area contributed by atoms with Gasteiger partial charge in [0.25, 0.3) is 0 Å². The molecule has 0 unspecified atom stereocenters. The van der Waals surface area contributed by atoms with E-state index in [-0.39, 0.29) is 11.4 Å². The van der Waals surface area contributed by atoms with Crippen LogP contribution in [0.3, 0.4) is 0 Å². The lowest BCUT2D eigenvalue weighted by molar-refractivity contribution is 0.0733. The molecule has 2 heteroatoms. The number of aryl methyl sites for hydroxylation is 1. The van der Waals surface area contributed by atoms with Crippen LogP contribution in [0.4, 0.5) is 0 Å². The van der Waals surface area contributed by atoms with Crippen LogP contribution in [-0.4, -0.2) is 5.97 Å². The molecule has 0 radical (unpaired) electrons. The van der Waals surface area contributed by atoms with Crippen LogP contribution >= 0.6 is 0 Å². The van der Waals surface area contributed by atoms with Crippen molar-refractivity contribution in [2.75, 3.05) is 0 Å². The second kappa shape index (κ2) is 5.72. The molecule has 21 heavy (non-hydrogen) atoms. The first kappa shape index (κ1) is 15.3. The van der Waals surface area contributed by atoms with Gasteiger partial charge in [0.1, 0.15) is 5.75 Å². The molecule has 0 aliphatic rings. The Morgan fingerprint density at radius 2 is 1.57 bits per heavy atom. The minimum atomic E-state index is -0.316. The summed E-state index contributed by atoms with van der Waals surface area (Å²) in [6.07, 6.45) is 0. The number of hydrogen-bond acceptors (Lipinski definition) is 2. The fourth-order valence-electron chi connectivity index (χ4n) is 2.10. The van der Waals surface area contributed by atoms with Gasteiger partial charge in [0, 0.05) is 0 Å². The van der Waals surface area contributed by atoms with E-state index < -0.39 is 0 Å². The SMILES string of the molecule is Cc1cccc(OC(=O)c2ccc(C(C)(C)C)cc2)c1C. The van der Waals surface area contributed by atoms with Crippen molar-refractivity contribution in [2.24, 2.45) is 0 Å². The maximum atomic E-state index is 12.2. The van der Waals surface area contributed by atoms with E-state index in [0.717, 1.165) is 11.1 Å². The molecule has 0 spiro atoms. The smallest absolute Gasteiger partial charge is 0.343 e. The molecule has 0 N–H and O–H groups in total. The van der Waals surface area contributed by atoms with Crippen molar-refractivity contribution in [2.45, 2.75) is 40.0 Å². The number of carbonyl (C=O) groups is 1. The molecule has 0 aliphatic heterocycles. The predicted molar refractivity (Wildman–Crippen MR) is 86.0 cm³/mol. The Hall–Kier alpha value is -2.09. The van der Waals surface area contributed by atoms with Crippen molar-refractivity contribution in [3.05, 3.63) is 64.7 Å². The average molecular weight is 282 g/mol. The number of rotatable bonds is 2. The zero-order valence-corrected chi connectivity index (χ0v) is 13.4. The summed E-state index contributed by atoms with van der Waals surface area (Å²) in [7, 11) is 0. The molecule has 0 aliphatic carbocycles. The largest absolute Gasteiger partial charge is 0.423 e. The third-order valence-corrected chi connectivity index (χ3v) is 3.74. The van der Waals surface area contributed by atoms with Crippen molar-refractivity contribution in [3.63, 3.8) is 0 Å². The fourth-order valence-corrected chi connectivity index (χ4v) is 2.10. The lowest BCUT2D eigenvalue weighted by Crippen LogP contribution is -2.13. The van der Waals surface area contributed by atoms with Crippen LogP contribution in [0, 0.1) is 13.8 Å². The van der Waals surface area contributed by atoms with Crippen LogP contribution in [0.2, 0.25) is 0 Å². The lowest BCUT2D eigenvalue weighted by Gasteiger charge is -2.19. The maximum absolute atomic E-state index is 12.2. The highest BCUT2D eigenvalue weighted by atomic mass is 16.5. The minimum Gasteiger partial charge on any atom is -0.423 e. The van der Waals surface area contributed by atoms with Gasteiger partial charge in [0.15, 0.2) is 0 Å². The summed E-state index contributed by atoms with van der Waals surface area (Å²) in [5, 5.41) is 0. The summed E-state index contributed by atoms with van der Waals surface area (Å²) in [6, 6.07) is 13.4. The highest BCUT2D eigenvalue weighted by Gasteiger charge is 2.15. The topological polar surface area (TPSA) is 26.3 Å². The summed E-state index contributed by atoms with van der Waals surface area (Å²) in [4.78, 5) is 12.2. The molecule has 0 heterocycles. The quantitative estimate of drug-likeness (QED) is 0.583. The summed E-state index contributed by atoms with van der Waals surface area (Å²) in [5.74, 6) is 0.309. The molecule has 2 rings (SSSR count). The van der Waals surface area contributed by atoms with Gasteiger partial charge in [0.05, 0.1) is 5.56 Å². The molecule has 0 bridgehead atoms. The molecular weight excluding hydrogens is 260 g/mol. The second-order valence-corrected chi connectivity index (χ2v) is 6.41. The van der Waals surface area contributed by atoms with Crippen LogP contribution < -0.4 is 4.74 Å². The van der Waals surface area contributed by atoms with Crippen LogP contribution in [0.5, 0.6) is 5.75 Å². The monoisotopic (exact) mass is 282 g/mol. The molecule has 0 aromatic heterocycles. The van der Waals surface area contributed by atoms with Gasteiger partial charge in [-0.1, -0.05) is 45.0 Å². The Balaban J connectivity index is 2.19. The summed E-state index contributed by atoms with van der Waals surface area (Å²) < 4.78 is 5.50. The number of carbonyl (C=O) groups excluding carboxylic acids is 1. The van der Waals surface area contributed by atoms with Gasteiger partial charge in [-0.3, -0.25) is 0 Å². The molecular formula is C19H22O2. The molecule has 2 nitrogen and oxygen atoms in total. The number of benzene rings is 2. The van der Waals surface area contributed by atoms with Crippen molar-refractivity contribution in [1.29, 1.82) is 0 Å². The first-order valence-electron chi connectivity index (χ1n) is 7.18. The molecule has 0 saturated carbocycles. The molecule has 2 aromatic rings. The Morgan fingerprint density at radius 1 is 0.952 bits per heavy atom. The molecule has 2 aromatic carbocycles. The third-order valence-electron chi connectivity index (χ3n) is 3.74. The Morgan fingerprint density at radius 3 is 2.14 bits per heavy atom. The van der Waals surface area contributed by atoms with Crippen molar-refractivity contribution in [1.82, 2.24) is 0 Å². The van der Waals surface area contributed by atoms with Gasteiger partial charge in [0.2, 0.25) is 0 Å². The third kappa shape index (κ3) is 3.52. The van der Waals surface area contributed by atoms with Gasteiger partial charge < -0.3 is 4.74 Å². The Bertz CT molecular complexity index is 646. The highest BCUT2D eigenvalue weighted by molar-refractivity contribution is 5.91. The van der Waals surface area contributed by atoms with Crippen LogP contribution in [0.25, 0.3) is 0 Å². The van der Waals surface area contributed by atoms with E-state index in [1.165, 1.54) is 5.56 Å². The zero-order chi connectivity index (χ0) is 15.6. The fraction of sp³-hybridized carbons (Fsp3) is 0.316. The molecule has 0 atom stereocenters. The van der Waals surface area contributed by atoms with Gasteiger partial charge in [-0.15, -0.1) is 0 Å². The normalized spacial score (nSPS) is 11.3. The average Bonchev–Trinajstić information content (AvgIpc) is 2.43. The standard InChI is InChI=1S/C19H22O2/c1-13-7-6-8-17(14(13)2)21-18(20)15-9-11-16(12-10-15)19(3,4)5/h6-12H,1-5H3. The summed E-state index contributed by atoms with van der Waals surface area (Å²) >= 11 is 0. The Kier molecular flexibility index (Phi) is 4.17. The second-order valence-electron chi connectivity index (χ2n) is 6.41. The van der Waals surface area contributed by atoms with E-state index in [0.29, 0.717) is 11.3 Å². The van der Waals surface area contributed by atoms with E-state index in [2.05, 4.69) is 20.8 Å². The minimum absolute atomic E-state index is 0.0789. The van der Waals surface area contributed by atoms with Gasteiger partial charge in [-0.25, -0.2) is 4.79 Å². The molecule has 0 fully saturated rings. The van der Waals surface area contributed by atoms with E-state index >= 15 is 0 Å². The first-order chi connectivity index (χ1) is 9.79. The van der Waals surface area contributed by atoms with Crippen LogP contribution in [-0.2, 0) is 5.41 Å². The maximum Gasteiger partial charge on any atom is 0.343 e. The summed E-state index contributed by atoms with van der Waals surface area (Å²) in [5.41, 5.74) is 3.96. The number of esters is 1. The Labute approximate surface area is 126 Å². The predicted octanol–water partition coefficient (Wildman–Crippen LogP) is 4.82. The zero-order valence-electron chi connectivity index (χ0n) is 13.4. The van der Waals surface area contributed by atoms with Crippen molar-refractivity contribution in [3.8, 4) is 5.75 Å². The van der Waals surface area contributed by atoms with Gasteiger partial charge in [-0.05, 0) is 54.2 Å². The van der Waals surface area contributed by atoms with Crippen molar-refractivity contribution >= 4 is 5.97 Å². The summed E-state index contributed by atoms with van der Waals surface area (Å²) in [6.45, 7) is 10.4. The number of ether oxygens (including phenoxy) is 1. The van der Waals surface area contributed by atoms with Gasteiger partial charge >= 0.3 is 5.97 Å². The van der Waals surface area contributed by atoms with E-state index in [9.17, 15) is 4.79 Å². The molecule has 0 amide bonds. The van der Waals surface area contributed by atoms with E-state index in [1.807, 2.05) is 56.3 Å². The van der Waals surface area contributed by atoms with Crippen LogP contribution in [0.15, 0.2) is 42.5 Å². The van der Waals surface area contributed by atoms with Gasteiger partial charge in [-0.2, -0.15) is 0 Å². The lowest BCUT2D eigenvalue weighted by atomic mass is 9.87. The highest BCUT2D eigenvalue weighted by Crippen LogP contribution is 2.24. The van der Waals surface area contributed by atoms with E-state index in [4.69, 9.17) is 4.74 Å². The van der Waals surface area contributed by atoms with Crippen LogP contribution in [0.1, 0.15) is 47.8 Å². The first-order valence-corrected chi connectivity index (χ1v) is 7.18. The van der Waals surface area contributed by atoms with Crippen molar-refractivity contribution < 1.29 is 9.53 Å². The molecule has 110 valence electrons. The molecule has 0 saturated heterocycles. The van der Waals surface area contributed by atoms with E-state index in [1.54, 1.807) is 0 Å².